The van der Waals surface area contributed by atoms with E-state index in [0.717, 1.165) is 50.5 Å². The highest BCUT2D eigenvalue weighted by atomic mass is 16.5. The molecule has 8 rings (SSSR count). The van der Waals surface area contributed by atoms with E-state index in [0.29, 0.717) is 34.8 Å². The second-order valence-electron chi connectivity index (χ2n) is 13.9. The van der Waals surface area contributed by atoms with Crippen molar-refractivity contribution in [2.45, 2.75) is 57.3 Å². The maximum absolute atomic E-state index is 12.4. The highest BCUT2D eigenvalue weighted by molar-refractivity contribution is 6.01. The third-order valence-electron chi connectivity index (χ3n) is 9.73. The maximum atomic E-state index is 12.4. The summed E-state index contributed by atoms with van der Waals surface area (Å²) < 4.78 is 11.0. The average Bonchev–Trinajstić information content (AvgIpc) is 4.14. The van der Waals surface area contributed by atoms with Crippen LogP contribution in [0.15, 0.2) is 103 Å². The molecular weight excluding hydrogens is 693 g/mol. The second kappa shape index (κ2) is 16.7. The van der Waals surface area contributed by atoms with Gasteiger partial charge in [-0.3, -0.25) is 24.6 Å². The number of carbonyl (C=O) groups is 3. The minimum Gasteiger partial charge on any atom is -0.496 e. The van der Waals surface area contributed by atoms with Gasteiger partial charge < -0.3 is 20.1 Å². The predicted octanol–water partition coefficient (Wildman–Crippen LogP) is 8.49. The number of nitrogens with zero attached hydrogens (tertiary/aromatic N) is 2. The number of Topliss-reactive ketones (excluding diaryl/α,β-unsaturated/α-hetero) is 1. The first-order valence-corrected chi connectivity index (χ1v) is 18.5. The van der Waals surface area contributed by atoms with Crippen LogP contribution in [0.1, 0.15) is 77.3 Å². The number of aromatic amines is 2. The van der Waals surface area contributed by atoms with Gasteiger partial charge in [-0.15, -0.1) is 0 Å². The molecule has 2 amide bonds. The normalized spacial score (nSPS) is 13.3. The molecule has 280 valence electrons. The van der Waals surface area contributed by atoms with Crippen LogP contribution >= 0.6 is 0 Å². The van der Waals surface area contributed by atoms with Crippen LogP contribution in [0.2, 0.25) is 0 Å². The molecule has 2 aliphatic rings. The molecule has 0 spiro atoms. The van der Waals surface area contributed by atoms with Crippen LogP contribution in [-0.2, 0) is 22.4 Å². The van der Waals surface area contributed by atoms with Gasteiger partial charge in [0, 0.05) is 52.0 Å². The number of carbonyl (C=O) groups excluding carboxylic acids is 3. The zero-order valence-electron chi connectivity index (χ0n) is 31.1. The van der Waals surface area contributed by atoms with E-state index in [-0.39, 0.29) is 30.4 Å². The number of nitrogens with one attached hydrogen (secondary N) is 4. The standard InChI is InChI=1S/C22H23N3O3.C22H21N3O2/c1-27-19-6-4-3-5-16(19)17-10-7-14(11-20(17)28-2)12-22(26)23-21-13-18(24-25-21)15-8-9-15;1-14(26)18-4-2-3-5-19(18)16-8-6-15(7-9-16)12-22(27)23-21-13-20(24-25-21)17-10-11-17/h3-7,10-11,13,15H,8-9,12H2,1-2H3,(H2,23,24,25,26);2-9,13,17H,10-12H2,1H3,(H2,23,24,25,27). The molecule has 4 N–H and O–H groups in total. The number of anilines is 2. The molecular formula is C44H44N6O5. The van der Waals surface area contributed by atoms with Gasteiger partial charge >= 0.3 is 0 Å². The highest BCUT2D eigenvalue weighted by Gasteiger charge is 2.26. The largest absolute Gasteiger partial charge is 0.496 e. The summed E-state index contributed by atoms with van der Waals surface area (Å²) >= 11 is 0. The fourth-order valence-corrected chi connectivity index (χ4v) is 6.53. The second-order valence-corrected chi connectivity index (χ2v) is 13.9. The van der Waals surface area contributed by atoms with Crippen molar-refractivity contribution in [3.8, 4) is 33.8 Å². The van der Waals surface area contributed by atoms with E-state index in [9.17, 15) is 14.4 Å². The summed E-state index contributed by atoms with van der Waals surface area (Å²) in [5.74, 6) is 3.61. The predicted molar refractivity (Wildman–Crippen MR) is 213 cm³/mol. The number of ether oxygens (including phenoxy) is 2. The lowest BCUT2D eigenvalue weighted by atomic mass is 9.96. The summed E-state index contributed by atoms with van der Waals surface area (Å²) in [6.07, 6.45) is 5.28. The first-order chi connectivity index (χ1) is 26.8. The summed E-state index contributed by atoms with van der Waals surface area (Å²) in [4.78, 5) is 36.5. The molecule has 2 heterocycles. The summed E-state index contributed by atoms with van der Waals surface area (Å²) in [6.45, 7) is 1.57. The Hall–Kier alpha value is -6.49. The highest BCUT2D eigenvalue weighted by Crippen LogP contribution is 2.40. The monoisotopic (exact) mass is 736 g/mol. The van der Waals surface area contributed by atoms with Crippen LogP contribution in [0.3, 0.4) is 0 Å². The van der Waals surface area contributed by atoms with Gasteiger partial charge in [-0.25, -0.2) is 0 Å². The Labute approximate surface area is 319 Å². The smallest absolute Gasteiger partial charge is 0.229 e. The number of aromatic nitrogens is 4. The Kier molecular flexibility index (Phi) is 11.2. The molecule has 11 nitrogen and oxygen atoms in total. The van der Waals surface area contributed by atoms with Crippen LogP contribution in [0.4, 0.5) is 11.6 Å². The van der Waals surface area contributed by atoms with Crippen molar-refractivity contribution in [3.05, 3.63) is 131 Å². The molecule has 2 saturated carbocycles. The van der Waals surface area contributed by atoms with Crippen LogP contribution in [0, 0.1) is 0 Å². The van der Waals surface area contributed by atoms with Crippen LogP contribution in [0.25, 0.3) is 22.3 Å². The summed E-state index contributed by atoms with van der Waals surface area (Å²) in [5.41, 5.74) is 8.41. The van der Waals surface area contributed by atoms with Crippen LogP contribution in [0.5, 0.6) is 11.5 Å². The molecule has 2 aliphatic carbocycles. The van der Waals surface area contributed by atoms with Gasteiger partial charge in [-0.2, -0.15) is 10.2 Å². The zero-order valence-corrected chi connectivity index (χ0v) is 31.1. The minimum absolute atomic E-state index is 0.0404. The van der Waals surface area contributed by atoms with E-state index in [1.807, 2.05) is 103 Å². The molecule has 2 fully saturated rings. The molecule has 4 aromatic carbocycles. The molecule has 2 aromatic heterocycles. The molecule has 0 unspecified atom stereocenters. The lowest BCUT2D eigenvalue weighted by Crippen LogP contribution is -2.14. The molecule has 0 bridgehead atoms. The average molecular weight is 737 g/mol. The number of methoxy groups -OCH3 is 2. The van der Waals surface area contributed by atoms with Gasteiger partial charge in [-0.1, -0.05) is 78.9 Å². The Balaban J connectivity index is 0.000000169. The van der Waals surface area contributed by atoms with Crippen molar-refractivity contribution >= 4 is 29.2 Å². The van der Waals surface area contributed by atoms with Crippen molar-refractivity contribution < 1.29 is 23.9 Å². The Morgan fingerprint density at radius 2 is 1.13 bits per heavy atom. The quantitative estimate of drug-likeness (QED) is 0.0869. The molecule has 0 radical (unpaired) electrons. The fraction of sp³-hybridized carbons (Fsp3) is 0.250. The SMILES string of the molecule is CC(=O)c1ccccc1-c1ccc(CC(=O)Nc2cc(C3CC3)[nH]n2)cc1.COc1ccccc1-c1ccc(CC(=O)Nc2cc(C3CC3)[nH]n2)cc1OC. The lowest BCUT2D eigenvalue weighted by molar-refractivity contribution is -0.116. The van der Waals surface area contributed by atoms with E-state index in [1.54, 1.807) is 21.1 Å². The molecule has 11 heteroatoms. The minimum atomic E-state index is -0.110. The van der Waals surface area contributed by atoms with E-state index < -0.39 is 0 Å². The van der Waals surface area contributed by atoms with Crippen molar-refractivity contribution in [1.29, 1.82) is 0 Å². The van der Waals surface area contributed by atoms with Gasteiger partial charge in [0.25, 0.3) is 0 Å². The molecule has 0 aliphatic heterocycles. The number of benzene rings is 4. The number of hydrogen-bond acceptors (Lipinski definition) is 7. The van der Waals surface area contributed by atoms with Gasteiger partial charge in [0.1, 0.15) is 11.5 Å². The molecule has 6 aromatic rings. The van der Waals surface area contributed by atoms with Crippen LogP contribution in [-0.4, -0.2) is 52.2 Å². The maximum Gasteiger partial charge on any atom is 0.229 e. The van der Waals surface area contributed by atoms with E-state index in [2.05, 4.69) is 31.0 Å². The number of hydrogen-bond donors (Lipinski definition) is 4. The fourth-order valence-electron chi connectivity index (χ4n) is 6.53. The molecule has 0 atom stereocenters. The molecule has 0 saturated heterocycles. The summed E-state index contributed by atoms with van der Waals surface area (Å²) in [5, 5.41) is 20.0. The first kappa shape index (κ1) is 36.9. The van der Waals surface area contributed by atoms with E-state index in [4.69, 9.17) is 9.47 Å². The topological polar surface area (TPSA) is 151 Å². The molecule has 55 heavy (non-hydrogen) atoms. The van der Waals surface area contributed by atoms with Gasteiger partial charge in [0.2, 0.25) is 11.8 Å². The van der Waals surface area contributed by atoms with Gasteiger partial charge in [-0.05, 0) is 67.0 Å². The summed E-state index contributed by atoms with van der Waals surface area (Å²) in [7, 11) is 3.27. The number of ketones is 1. The van der Waals surface area contributed by atoms with Crippen LogP contribution < -0.4 is 20.1 Å². The number of rotatable bonds is 13. The van der Waals surface area contributed by atoms with Gasteiger partial charge in [0.15, 0.2) is 17.4 Å². The Bertz CT molecular complexity index is 2300. The summed E-state index contributed by atoms with van der Waals surface area (Å²) in [6, 6.07) is 32.7. The Morgan fingerprint density at radius 3 is 1.69 bits per heavy atom. The number of amides is 2. The first-order valence-electron chi connectivity index (χ1n) is 18.5. The van der Waals surface area contributed by atoms with Crippen molar-refractivity contribution in [2.24, 2.45) is 0 Å². The van der Waals surface area contributed by atoms with Gasteiger partial charge in [0.05, 0.1) is 27.1 Å². The lowest BCUT2D eigenvalue weighted by Gasteiger charge is -2.13. The van der Waals surface area contributed by atoms with E-state index in [1.165, 1.54) is 25.7 Å². The van der Waals surface area contributed by atoms with Crippen molar-refractivity contribution in [1.82, 2.24) is 20.4 Å². The Morgan fingerprint density at radius 1 is 0.618 bits per heavy atom. The number of para-hydroxylation sites is 1. The number of H-pyrrole nitrogens is 2. The zero-order chi connectivity index (χ0) is 38.3. The third kappa shape index (κ3) is 9.36. The third-order valence-corrected chi connectivity index (χ3v) is 9.73. The van der Waals surface area contributed by atoms with Crippen molar-refractivity contribution in [2.75, 3.05) is 24.9 Å². The van der Waals surface area contributed by atoms with E-state index >= 15 is 0 Å². The van der Waals surface area contributed by atoms with Crippen molar-refractivity contribution in [3.63, 3.8) is 0 Å².